The Hall–Kier alpha value is -2.33. The number of rotatable bonds is 4. The van der Waals surface area contributed by atoms with Crippen molar-refractivity contribution >= 4 is 23.1 Å². The molecule has 5 heteroatoms. The van der Waals surface area contributed by atoms with Gasteiger partial charge in [0.15, 0.2) is 0 Å². The lowest BCUT2D eigenvalue weighted by Crippen LogP contribution is -2.23. The van der Waals surface area contributed by atoms with Crippen molar-refractivity contribution in [3.8, 4) is 0 Å². The van der Waals surface area contributed by atoms with Crippen molar-refractivity contribution in [2.75, 3.05) is 0 Å². The van der Waals surface area contributed by atoms with Crippen molar-refractivity contribution in [1.29, 1.82) is 0 Å². The smallest absolute Gasteiger partial charge is 0.251 e. The summed E-state index contributed by atoms with van der Waals surface area (Å²) in [5, 5.41) is 3.68. The summed E-state index contributed by atoms with van der Waals surface area (Å²) in [6, 6.07) is 9.71. The van der Waals surface area contributed by atoms with Gasteiger partial charge in [-0.1, -0.05) is 29.8 Å². The number of hydrogen-bond donors (Lipinski definition) is 2. The molecular formula is C21H21ClN2O2. The van der Waals surface area contributed by atoms with E-state index in [1.165, 1.54) is 0 Å². The highest BCUT2D eigenvalue weighted by atomic mass is 35.5. The first-order valence-corrected chi connectivity index (χ1v) is 9.40. The fourth-order valence-electron chi connectivity index (χ4n) is 3.48. The Labute approximate surface area is 157 Å². The van der Waals surface area contributed by atoms with E-state index in [1.807, 2.05) is 43.3 Å². The van der Waals surface area contributed by atoms with E-state index in [1.54, 1.807) is 0 Å². The molecule has 1 saturated heterocycles. The molecule has 2 aliphatic rings. The van der Waals surface area contributed by atoms with E-state index < -0.39 is 0 Å². The van der Waals surface area contributed by atoms with Crippen LogP contribution in [0.4, 0.5) is 0 Å². The standard InChI is InChI=1S/C21H21ClN2O2/c1-12-10-14(4-7-18(12)22)17(11-15-5-9-20(25)23-15)19-8-6-16(13-2-3-13)21(26)24-19/h4,6-8,10-11,13,15H,2-3,5,9H2,1H3,(H,23,25)(H,24,26)/t15-/m1/s1. The van der Waals surface area contributed by atoms with Gasteiger partial charge in [-0.3, -0.25) is 9.59 Å². The van der Waals surface area contributed by atoms with Crippen LogP contribution in [0.25, 0.3) is 5.57 Å². The van der Waals surface area contributed by atoms with Gasteiger partial charge in [-0.2, -0.15) is 0 Å². The molecule has 2 fully saturated rings. The number of benzene rings is 1. The zero-order valence-corrected chi connectivity index (χ0v) is 15.4. The summed E-state index contributed by atoms with van der Waals surface area (Å²) < 4.78 is 0. The Morgan fingerprint density at radius 1 is 1.15 bits per heavy atom. The Morgan fingerprint density at radius 3 is 2.58 bits per heavy atom. The van der Waals surface area contributed by atoms with Crippen LogP contribution in [0.1, 0.15) is 54.0 Å². The number of H-pyrrole nitrogens is 1. The summed E-state index contributed by atoms with van der Waals surface area (Å²) in [6.45, 7) is 1.96. The molecule has 2 heterocycles. The summed E-state index contributed by atoms with van der Waals surface area (Å²) in [7, 11) is 0. The zero-order chi connectivity index (χ0) is 18.3. The van der Waals surface area contributed by atoms with Crippen LogP contribution in [-0.4, -0.2) is 16.9 Å². The molecule has 0 radical (unpaired) electrons. The lowest BCUT2D eigenvalue weighted by molar-refractivity contribution is -0.119. The fraction of sp³-hybridized carbons (Fsp3) is 0.333. The van der Waals surface area contributed by atoms with Gasteiger partial charge in [0.05, 0.1) is 0 Å². The molecule has 2 N–H and O–H groups in total. The van der Waals surface area contributed by atoms with Gasteiger partial charge >= 0.3 is 0 Å². The molecule has 1 saturated carbocycles. The average Bonchev–Trinajstić information content (AvgIpc) is 3.37. The minimum Gasteiger partial charge on any atom is -0.350 e. The van der Waals surface area contributed by atoms with E-state index in [2.05, 4.69) is 10.3 Å². The summed E-state index contributed by atoms with van der Waals surface area (Å²) in [4.78, 5) is 27.1. The van der Waals surface area contributed by atoms with Crippen LogP contribution in [-0.2, 0) is 4.79 Å². The van der Waals surface area contributed by atoms with E-state index in [4.69, 9.17) is 11.6 Å². The molecular weight excluding hydrogens is 348 g/mol. The summed E-state index contributed by atoms with van der Waals surface area (Å²) >= 11 is 6.17. The van der Waals surface area contributed by atoms with Crippen molar-refractivity contribution in [3.63, 3.8) is 0 Å². The van der Waals surface area contributed by atoms with Gasteiger partial charge in [-0.05, 0) is 61.4 Å². The van der Waals surface area contributed by atoms with Crippen molar-refractivity contribution in [2.24, 2.45) is 0 Å². The third kappa shape index (κ3) is 3.47. The minimum atomic E-state index is -0.0277. The van der Waals surface area contributed by atoms with Crippen LogP contribution in [0.15, 0.2) is 41.2 Å². The highest BCUT2D eigenvalue weighted by Crippen LogP contribution is 2.38. The van der Waals surface area contributed by atoms with Gasteiger partial charge in [0.25, 0.3) is 5.56 Å². The van der Waals surface area contributed by atoms with E-state index in [0.717, 1.165) is 47.2 Å². The molecule has 26 heavy (non-hydrogen) atoms. The highest BCUT2D eigenvalue weighted by molar-refractivity contribution is 6.31. The fourth-order valence-corrected chi connectivity index (χ4v) is 3.59. The lowest BCUT2D eigenvalue weighted by Gasteiger charge is -2.14. The number of carbonyl (C=O) groups is 1. The van der Waals surface area contributed by atoms with Crippen LogP contribution in [0, 0.1) is 6.92 Å². The monoisotopic (exact) mass is 368 g/mol. The predicted octanol–water partition coefficient (Wildman–Crippen LogP) is 3.92. The van der Waals surface area contributed by atoms with Gasteiger partial charge in [-0.15, -0.1) is 0 Å². The highest BCUT2D eigenvalue weighted by Gasteiger charge is 2.26. The Balaban J connectivity index is 1.78. The molecule has 4 nitrogen and oxygen atoms in total. The number of amides is 1. The van der Waals surface area contributed by atoms with E-state index in [9.17, 15) is 9.59 Å². The molecule has 134 valence electrons. The van der Waals surface area contributed by atoms with E-state index in [-0.39, 0.29) is 17.5 Å². The Morgan fingerprint density at radius 2 is 1.96 bits per heavy atom. The van der Waals surface area contributed by atoms with Crippen molar-refractivity contribution in [1.82, 2.24) is 10.3 Å². The number of nitrogens with one attached hydrogen (secondary N) is 2. The molecule has 0 spiro atoms. The van der Waals surface area contributed by atoms with Gasteiger partial charge in [0.1, 0.15) is 0 Å². The maximum atomic E-state index is 12.5. The van der Waals surface area contributed by atoms with Gasteiger partial charge in [-0.25, -0.2) is 0 Å². The van der Waals surface area contributed by atoms with Crippen LogP contribution >= 0.6 is 11.6 Å². The normalized spacial score (nSPS) is 20.3. The SMILES string of the molecule is Cc1cc(C(=C[C@H]2CCC(=O)N2)c2ccc(C3CC3)c(=O)[nH]2)ccc1Cl. The van der Waals surface area contributed by atoms with Crippen molar-refractivity contribution in [3.05, 3.63) is 74.2 Å². The average molecular weight is 369 g/mol. The van der Waals surface area contributed by atoms with E-state index >= 15 is 0 Å². The van der Waals surface area contributed by atoms with Crippen LogP contribution in [0.2, 0.25) is 5.02 Å². The number of aromatic nitrogens is 1. The number of hydrogen-bond acceptors (Lipinski definition) is 2. The van der Waals surface area contributed by atoms with Gasteiger partial charge in [0.2, 0.25) is 5.91 Å². The Kier molecular flexibility index (Phi) is 4.45. The number of aryl methyl sites for hydroxylation is 1. The van der Waals surface area contributed by atoms with Crippen molar-refractivity contribution < 1.29 is 4.79 Å². The first kappa shape index (κ1) is 17.1. The van der Waals surface area contributed by atoms with Crippen LogP contribution in [0.3, 0.4) is 0 Å². The second kappa shape index (κ2) is 6.76. The minimum absolute atomic E-state index is 0.0166. The summed E-state index contributed by atoms with van der Waals surface area (Å²) in [5.41, 5.74) is 4.48. The molecule has 2 aromatic rings. The molecule has 1 aromatic carbocycles. The largest absolute Gasteiger partial charge is 0.350 e. The maximum absolute atomic E-state index is 12.5. The molecule has 1 aromatic heterocycles. The third-order valence-corrected chi connectivity index (χ3v) is 5.54. The lowest BCUT2D eigenvalue weighted by atomic mass is 9.97. The number of aromatic amines is 1. The molecule has 1 atom stereocenters. The Bertz CT molecular complexity index is 957. The number of carbonyl (C=O) groups excluding carboxylic acids is 1. The number of halogens is 1. The zero-order valence-electron chi connectivity index (χ0n) is 14.6. The molecule has 1 aliphatic carbocycles. The summed E-state index contributed by atoms with van der Waals surface area (Å²) in [6.07, 6.45) is 5.52. The molecule has 0 bridgehead atoms. The predicted molar refractivity (Wildman–Crippen MR) is 103 cm³/mol. The van der Waals surface area contributed by atoms with Gasteiger partial charge < -0.3 is 10.3 Å². The topological polar surface area (TPSA) is 62.0 Å². The van der Waals surface area contributed by atoms with E-state index in [0.29, 0.717) is 17.4 Å². The molecule has 4 rings (SSSR count). The molecule has 0 unspecified atom stereocenters. The van der Waals surface area contributed by atoms with Crippen LogP contribution in [0.5, 0.6) is 0 Å². The van der Waals surface area contributed by atoms with Crippen molar-refractivity contribution in [2.45, 2.75) is 44.6 Å². The second-order valence-electron chi connectivity index (χ2n) is 7.19. The quantitative estimate of drug-likeness (QED) is 0.859. The first-order valence-electron chi connectivity index (χ1n) is 9.02. The second-order valence-corrected chi connectivity index (χ2v) is 7.59. The molecule has 1 amide bonds. The maximum Gasteiger partial charge on any atom is 0.251 e. The van der Waals surface area contributed by atoms with Crippen LogP contribution < -0.4 is 10.9 Å². The third-order valence-electron chi connectivity index (χ3n) is 5.11. The number of pyridine rings is 1. The first-order chi connectivity index (χ1) is 12.5. The van der Waals surface area contributed by atoms with Gasteiger partial charge in [0, 0.05) is 34.3 Å². The summed E-state index contributed by atoms with van der Waals surface area (Å²) in [5.74, 6) is 0.475. The molecule has 1 aliphatic heterocycles.